The van der Waals surface area contributed by atoms with Crippen molar-refractivity contribution in [2.24, 2.45) is 23.3 Å². The molecule has 5 N–H and O–H groups in total. The van der Waals surface area contributed by atoms with E-state index in [0.717, 1.165) is 35.1 Å². The third kappa shape index (κ3) is 8.86. The van der Waals surface area contributed by atoms with Gasteiger partial charge in [0.1, 0.15) is 12.6 Å². The molecule has 13 nitrogen and oxygen atoms in total. The van der Waals surface area contributed by atoms with Crippen LogP contribution in [0.1, 0.15) is 36.8 Å². The van der Waals surface area contributed by atoms with Gasteiger partial charge in [0.2, 0.25) is 23.6 Å². The van der Waals surface area contributed by atoms with Gasteiger partial charge in [-0.2, -0.15) is 4.98 Å². The van der Waals surface area contributed by atoms with Crippen LogP contribution in [-0.4, -0.2) is 69.1 Å². The highest BCUT2D eigenvalue weighted by molar-refractivity contribution is 6.01. The first-order valence-corrected chi connectivity index (χ1v) is 16.8. The van der Waals surface area contributed by atoms with Crippen LogP contribution in [0.4, 0.5) is 11.6 Å². The maximum Gasteiger partial charge on any atom is 0.240 e. The van der Waals surface area contributed by atoms with E-state index in [1.165, 1.54) is 0 Å². The highest BCUT2D eigenvalue weighted by Crippen LogP contribution is 2.34. The van der Waals surface area contributed by atoms with E-state index in [4.69, 9.17) is 21.2 Å². The van der Waals surface area contributed by atoms with Crippen LogP contribution in [0.15, 0.2) is 85.1 Å². The summed E-state index contributed by atoms with van der Waals surface area (Å²) in [5, 5.41) is 14.0. The van der Waals surface area contributed by atoms with Crippen LogP contribution < -0.4 is 26.0 Å². The van der Waals surface area contributed by atoms with Gasteiger partial charge in [-0.15, -0.1) is 17.5 Å². The number of tetrazole rings is 1. The summed E-state index contributed by atoms with van der Waals surface area (Å²) in [6.07, 6.45) is 5.07. The topological polar surface area (TPSA) is 182 Å². The maximum absolute atomic E-state index is 14.4. The zero-order valence-corrected chi connectivity index (χ0v) is 29.5. The summed E-state index contributed by atoms with van der Waals surface area (Å²) in [4.78, 5) is 40.3. The van der Waals surface area contributed by atoms with Gasteiger partial charge in [0.05, 0.1) is 5.56 Å². The highest BCUT2D eigenvalue weighted by Gasteiger charge is 2.36. The molecule has 3 aromatic carbocycles. The molecule has 51 heavy (non-hydrogen) atoms. The van der Waals surface area contributed by atoms with Gasteiger partial charge in [0.15, 0.2) is 5.82 Å². The van der Waals surface area contributed by atoms with Crippen LogP contribution in [0.3, 0.4) is 0 Å². The number of hydrogen-bond donors (Lipinski definition) is 3. The summed E-state index contributed by atoms with van der Waals surface area (Å²) < 4.78 is 6.25. The SMILES string of the molecule is CN(C)c1ncc(-c2cccc(C[C@@H](C(N)=O)N(c3ccc(-c4nnn[nH]4)cc3)C(=O)[C@H]3CC[C@H](CN)CC3)c2)c(OCc2ccccc2)n1.Cl. The lowest BCUT2D eigenvalue weighted by atomic mass is 9.81. The van der Waals surface area contributed by atoms with E-state index in [2.05, 4.69) is 25.6 Å². The molecular weight excluding hydrogens is 668 g/mol. The van der Waals surface area contributed by atoms with Crippen molar-refractivity contribution in [3.63, 3.8) is 0 Å². The first kappa shape index (κ1) is 36.9. The number of aromatic nitrogens is 6. The molecule has 14 heteroatoms. The second-order valence-corrected chi connectivity index (χ2v) is 12.8. The number of H-pyrrole nitrogens is 1. The first-order valence-electron chi connectivity index (χ1n) is 16.8. The number of carbonyl (C=O) groups excluding carboxylic acids is 2. The molecule has 0 radical (unpaired) electrons. The van der Waals surface area contributed by atoms with E-state index in [0.29, 0.717) is 60.8 Å². The van der Waals surface area contributed by atoms with Crippen LogP contribution in [0.2, 0.25) is 0 Å². The molecule has 1 saturated carbocycles. The zero-order chi connectivity index (χ0) is 35.0. The van der Waals surface area contributed by atoms with Crippen molar-refractivity contribution in [3.8, 4) is 28.4 Å². The number of ether oxygens (including phenoxy) is 1. The molecule has 2 amide bonds. The second-order valence-electron chi connectivity index (χ2n) is 12.8. The fourth-order valence-corrected chi connectivity index (χ4v) is 6.38. The molecule has 2 heterocycles. The summed E-state index contributed by atoms with van der Waals surface area (Å²) in [6, 6.07) is 23.9. The maximum atomic E-state index is 14.4. The van der Waals surface area contributed by atoms with Crippen molar-refractivity contribution >= 4 is 35.9 Å². The molecule has 0 saturated heterocycles. The van der Waals surface area contributed by atoms with Crippen molar-refractivity contribution in [3.05, 3.63) is 96.2 Å². The van der Waals surface area contributed by atoms with E-state index in [-0.39, 0.29) is 30.7 Å². The Morgan fingerprint density at radius 3 is 2.31 bits per heavy atom. The molecule has 0 aliphatic heterocycles. The summed E-state index contributed by atoms with van der Waals surface area (Å²) >= 11 is 0. The van der Waals surface area contributed by atoms with Crippen molar-refractivity contribution < 1.29 is 14.3 Å². The smallest absolute Gasteiger partial charge is 0.240 e. The monoisotopic (exact) mass is 710 g/mol. The Bertz CT molecular complexity index is 1880. The Hall–Kier alpha value is -5.40. The third-order valence-corrected chi connectivity index (χ3v) is 9.20. The third-order valence-electron chi connectivity index (χ3n) is 9.20. The van der Waals surface area contributed by atoms with E-state index in [9.17, 15) is 9.59 Å². The Morgan fingerprint density at radius 2 is 1.67 bits per heavy atom. The number of carbonyl (C=O) groups is 2. The van der Waals surface area contributed by atoms with Gasteiger partial charge >= 0.3 is 0 Å². The molecule has 0 bridgehead atoms. The normalized spacial score (nSPS) is 16.1. The van der Waals surface area contributed by atoms with Crippen molar-refractivity contribution in [1.82, 2.24) is 30.6 Å². The second kappa shape index (κ2) is 17.0. The molecule has 0 spiro atoms. The summed E-state index contributed by atoms with van der Waals surface area (Å²) in [5.41, 5.74) is 16.7. The number of anilines is 2. The van der Waals surface area contributed by atoms with E-state index in [1.54, 1.807) is 23.2 Å². The van der Waals surface area contributed by atoms with Crippen LogP contribution in [-0.2, 0) is 22.6 Å². The Morgan fingerprint density at radius 1 is 0.941 bits per heavy atom. The van der Waals surface area contributed by atoms with Crippen LogP contribution >= 0.6 is 12.4 Å². The van der Waals surface area contributed by atoms with Gasteiger partial charge in [-0.25, -0.2) is 10.1 Å². The number of nitrogens with two attached hydrogens (primary N) is 2. The number of benzene rings is 3. The van der Waals surface area contributed by atoms with Gasteiger partial charge in [-0.1, -0.05) is 54.6 Å². The molecule has 1 fully saturated rings. The Kier molecular flexibility index (Phi) is 12.3. The number of nitrogens with zero attached hydrogens (tertiary/aromatic N) is 7. The molecule has 266 valence electrons. The largest absolute Gasteiger partial charge is 0.472 e. The van der Waals surface area contributed by atoms with Crippen molar-refractivity contribution in [2.45, 2.75) is 44.8 Å². The Balaban J connectivity index is 0.00000504. The van der Waals surface area contributed by atoms with Crippen molar-refractivity contribution in [2.75, 3.05) is 30.4 Å². The fraction of sp³-hybridized carbons (Fsp3) is 0.324. The number of aromatic amines is 1. The summed E-state index contributed by atoms with van der Waals surface area (Å²) in [6.45, 7) is 0.932. The number of nitrogens with one attached hydrogen (secondary N) is 1. The number of amides is 2. The summed E-state index contributed by atoms with van der Waals surface area (Å²) in [7, 11) is 3.74. The predicted octanol–water partition coefficient (Wildman–Crippen LogP) is 4.59. The van der Waals surface area contributed by atoms with Gasteiger partial charge in [-0.05, 0) is 89.5 Å². The lowest BCUT2D eigenvalue weighted by Crippen LogP contribution is -2.52. The van der Waals surface area contributed by atoms with Crippen LogP contribution in [0.25, 0.3) is 22.5 Å². The molecule has 0 unspecified atom stereocenters. The van der Waals surface area contributed by atoms with E-state index >= 15 is 0 Å². The fourth-order valence-electron chi connectivity index (χ4n) is 6.38. The highest BCUT2D eigenvalue weighted by atomic mass is 35.5. The minimum atomic E-state index is -0.955. The average molecular weight is 711 g/mol. The molecule has 2 aromatic heterocycles. The van der Waals surface area contributed by atoms with Crippen LogP contribution in [0, 0.1) is 11.8 Å². The molecule has 1 aliphatic carbocycles. The zero-order valence-electron chi connectivity index (χ0n) is 28.7. The lowest BCUT2D eigenvalue weighted by molar-refractivity contribution is -0.127. The first-order chi connectivity index (χ1) is 24.3. The molecule has 1 atom stereocenters. The number of primary amides is 1. The van der Waals surface area contributed by atoms with Gasteiger partial charge < -0.3 is 21.1 Å². The van der Waals surface area contributed by atoms with Gasteiger partial charge in [0, 0.05) is 43.9 Å². The Labute approximate surface area is 303 Å². The lowest BCUT2D eigenvalue weighted by Gasteiger charge is -2.35. The van der Waals surface area contributed by atoms with Gasteiger partial charge in [0.25, 0.3) is 0 Å². The minimum Gasteiger partial charge on any atom is -0.472 e. The van der Waals surface area contributed by atoms with Gasteiger partial charge in [-0.3, -0.25) is 14.5 Å². The molecule has 1 aliphatic rings. The molecular formula is C37H43ClN10O3. The van der Waals surface area contributed by atoms with E-state index in [1.807, 2.05) is 85.7 Å². The predicted molar refractivity (Wildman–Crippen MR) is 198 cm³/mol. The van der Waals surface area contributed by atoms with Crippen molar-refractivity contribution in [1.29, 1.82) is 0 Å². The summed E-state index contributed by atoms with van der Waals surface area (Å²) in [5.74, 6) is 0.861. The quantitative estimate of drug-likeness (QED) is 0.156. The number of halogens is 1. The molecule has 5 aromatic rings. The minimum absolute atomic E-state index is 0. The van der Waals surface area contributed by atoms with E-state index < -0.39 is 11.9 Å². The average Bonchev–Trinajstić information content (AvgIpc) is 3.70. The number of rotatable bonds is 13. The standard InChI is InChI=1S/C37H42N10O3.ClH/c1-46(2)37-40-22-31(35(41-37)50-23-25-7-4-3-5-8-25)29-10-6-9-26(19-29)20-32(33(39)48)47(36(49)28-13-11-24(21-38)12-14-28)30-17-15-27(16-18-30)34-42-44-45-43-34;/h3-10,15-19,22,24,28,32H,11-14,20-21,23,38H2,1-2H3,(H2,39,48)(H,42,43,44,45);1H/t24-,28-,32-;/m0./s1. The number of hydrogen-bond acceptors (Lipinski definition) is 10. The molecule has 6 rings (SSSR count). The van der Waals surface area contributed by atoms with Crippen LogP contribution in [0.5, 0.6) is 5.88 Å².